The largest absolute Gasteiger partial charge is 0.462 e. The van der Waals surface area contributed by atoms with Crippen LogP contribution in [0, 0.1) is 34.5 Å². The molecule has 0 amide bonds. The highest BCUT2D eigenvalue weighted by atomic mass is 32.2. The third-order valence-corrected chi connectivity index (χ3v) is 13.6. The molecule has 2 saturated heterocycles. The first-order chi connectivity index (χ1) is 19.9. The second-order valence-electron chi connectivity index (χ2n) is 15.3. The molecule has 2 bridgehead atoms. The second kappa shape index (κ2) is 9.99. The molecule has 6 rings (SSSR count). The van der Waals surface area contributed by atoms with E-state index in [1.807, 2.05) is 20.8 Å². The average molecular weight is 617 g/mol. The van der Waals surface area contributed by atoms with Gasteiger partial charge in [-0.3, -0.25) is 14.4 Å². The van der Waals surface area contributed by atoms with Crippen molar-refractivity contribution in [3.8, 4) is 0 Å². The van der Waals surface area contributed by atoms with E-state index in [9.17, 15) is 19.5 Å². The Kier molecular flexibility index (Phi) is 7.31. The quantitative estimate of drug-likeness (QED) is 0.400. The lowest BCUT2D eigenvalue weighted by Gasteiger charge is -2.61. The third-order valence-electron chi connectivity index (χ3n) is 13.0. The van der Waals surface area contributed by atoms with E-state index in [0.717, 1.165) is 36.6 Å². The Bertz CT molecular complexity index is 1290. The molecule has 238 valence electrons. The maximum absolute atomic E-state index is 12.9. The highest BCUT2D eigenvalue weighted by Gasteiger charge is 2.71. The van der Waals surface area contributed by atoms with Gasteiger partial charge in [-0.15, -0.1) is 0 Å². The number of aliphatic hydroxyl groups is 1. The van der Waals surface area contributed by atoms with Crippen LogP contribution in [0.15, 0.2) is 23.8 Å². The van der Waals surface area contributed by atoms with Gasteiger partial charge in [-0.1, -0.05) is 44.2 Å². The molecular weight excluding hydrogens is 568 g/mol. The summed E-state index contributed by atoms with van der Waals surface area (Å²) in [5.41, 5.74) is -2.10. The fourth-order valence-electron chi connectivity index (χ4n) is 10.2. The molecule has 2 aliphatic heterocycles. The summed E-state index contributed by atoms with van der Waals surface area (Å²) in [4.78, 5) is 37.3. The van der Waals surface area contributed by atoms with E-state index in [1.54, 1.807) is 18.4 Å². The summed E-state index contributed by atoms with van der Waals surface area (Å²) in [6.07, 6.45) is 10.7. The molecule has 11 atom stereocenters. The fraction of sp³-hybridized carbons (Fsp3) is 0.794. The Morgan fingerprint density at radius 3 is 2.49 bits per heavy atom. The molecule has 2 heterocycles. The van der Waals surface area contributed by atoms with Crippen LogP contribution >= 0.6 is 11.8 Å². The van der Waals surface area contributed by atoms with Gasteiger partial charge in [0.15, 0.2) is 10.9 Å². The minimum Gasteiger partial charge on any atom is -0.462 e. The normalized spacial score (nSPS) is 48.5. The van der Waals surface area contributed by atoms with Crippen LogP contribution in [0.5, 0.6) is 0 Å². The van der Waals surface area contributed by atoms with Crippen LogP contribution in [0.1, 0.15) is 93.4 Å². The summed E-state index contributed by atoms with van der Waals surface area (Å²) >= 11 is 1.13. The van der Waals surface area contributed by atoms with E-state index in [2.05, 4.69) is 26.8 Å². The van der Waals surface area contributed by atoms with E-state index < -0.39 is 28.2 Å². The molecule has 5 fully saturated rings. The average Bonchev–Trinajstić information content (AvgIpc) is 3.26. The van der Waals surface area contributed by atoms with Crippen molar-refractivity contribution in [1.29, 1.82) is 0 Å². The molecular formula is C34H48O8S. The van der Waals surface area contributed by atoms with Crippen LogP contribution in [0.25, 0.3) is 0 Å². The van der Waals surface area contributed by atoms with Crippen molar-refractivity contribution in [3.05, 3.63) is 23.8 Å². The molecule has 0 aromatic rings. The topological polar surface area (TPSA) is 108 Å². The number of carbonyl (C=O) groups excluding carboxylic acids is 3. The Hall–Kier alpha value is -1.52. The lowest BCUT2D eigenvalue weighted by molar-refractivity contribution is -0.396. The zero-order valence-corrected chi connectivity index (χ0v) is 27.7. The lowest BCUT2D eigenvalue weighted by atomic mass is 9.46. The number of esters is 1. The van der Waals surface area contributed by atoms with Crippen LogP contribution in [-0.4, -0.2) is 63.2 Å². The molecule has 0 aromatic carbocycles. The molecule has 3 saturated carbocycles. The van der Waals surface area contributed by atoms with Crippen molar-refractivity contribution in [2.24, 2.45) is 34.5 Å². The van der Waals surface area contributed by atoms with Gasteiger partial charge in [-0.2, -0.15) is 0 Å². The van der Waals surface area contributed by atoms with Crippen molar-refractivity contribution in [3.63, 3.8) is 0 Å². The number of thioether (sulfide) groups is 1. The van der Waals surface area contributed by atoms with E-state index in [0.29, 0.717) is 19.3 Å². The SMILES string of the molecule is CSC(=O)CC12OC(C(C)C3(O)CCC4C5C(OC(C)=O)CC6=CC(=O)C=CC6(C)C5CCC43C)CC(C)(O1)C(C)(C)O2. The number of fused-ring (bicyclic) bond motifs is 7. The molecule has 0 radical (unpaired) electrons. The van der Waals surface area contributed by atoms with Crippen molar-refractivity contribution >= 4 is 28.6 Å². The maximum Gasteiger partial charge on any atom is 0.302 e. The van der Waals surface area contributed by atoms with Gasteiger partial charge in [0.25, 0.3) is 5.97 Å². The Morgan fingerprint density at radius 2 is 1.81 bits per heavy atom. The molecule has 9 heteroatoms. The first-order valence-electron chi connectivity index (χ1n) is 15.9. The summed E-state index contributed by atoms with van der Waals surface area (Å²) in [6.45, 7) is 14.0. The molecule has 4 aliphatic carbocycles. The number of rotatable bonds is 5. The number of hydrogen-bond acceptors (Lipinski definition) is 9. The first kappa shape index (κ1) is 31.5. The summed E-state index contributed by atoms with van der Waals surface area (Å²) in [6, 6.07) is 0. The zero-order chi connectivity index (χ0) is 31.4. The molecule has 43 heavy (non-hydrogen) atoms. The highest BCUT2D eigenvalue weighted by molar-refractivity contribution is 8.13. The molecule has 0 aromatic heterocycles. The Balaban J connectivity index is 1.33. The molecule has 8 nitrogen and oxygen atoms in total. The van der Waals surface area contributed by atoms with E-state index in [-0.39, 0.29) is 64.6 Å². The molecule has 6 aliphatic rings. The maximum atomic E-state index is 12.9. The second-order valence-corrected chi connectivity index (χ2v) is 16.1. The van der Waals surface area contributed by atoms with Crippen molar-refractivity contribution in [1.82, 2.24) is 0 Å². The molecule has 0 spiro atoms. The van der Waals surface area contributed by atoms with Crippen molar-refractivity contribution < 1.29 is 38.4 Å². The first-order valence-corrected chi connectivity index (χ1v) is 17.1. The monoisotopic (exact) mass is 616 g/mol. The smallest absolute Gasteiger partial charge is 0.302 e. The summed E-state index contributed by atoms with van der Waals surface area (Å²) in [5, 5.41) is 12.8. The standard InChI is InChI=1S/C34H48O8S/c1-19(26-17-32(7)29(3,4)41-34(40-26,42-32)18-27(37)43-8)33(38)14-11-24-28-23(10-13-31(24,33)6)30(5)12-9-22(36)15-21(30)16-25(28)39-20(2)35/h9,12,15,19,23-26,28,38H,10-11,13-14,16-18H2,1-8H3. The summed E-state index contributed by atoms with van der Waals surface area (Å²) < 4.78 is 25.5. The fourth-order valence-corrected chi connectivity index (χ4v) is 10.5. The van der Waals surface area contributed by atoms with E-state index in [4.69, 9.17) is 18.9 Å². The number of ketones is 1. The van der Waals surface area contributed by atoms with Gasteiger partial charge in [0.2, 0.25) is 0 Å². The molecule has 11 unspecified atom stereocenters. The summed E-state index contributed by atoms with van der Waals surface area (Å²) in [5.74, 6) is -1.69. The van der Waals surface area contributed by atoms with Crippen LogP contribution in [0.3, 0.4) is 0 Å². The highest BCUT2D eigenvalue weighted by Crippen LogP contribution is 2.69. The number of ether oxygens (including phenoxy) is 4. The van der Waals surface area contributed by atoms with Gasteiger partial charge in [0.1, 0.15) is 11.7 Å². The minimum absolute atomic E-state index is 0.0134. The van der Waals surface area contributed by atoms with Crippen LogP contribution in [0.4, 0.5) is 0 Å². The number of allylic oxidation sites excluding steroid dienone is 3. The van der Waals surface area contributed by atoms with Gasteiger partial charge in [-0.05, 0) is 82.1 Å². The zero-order valence-electron chi connectivity index (χ0n) is 26.9. The third kappa shape index (κ3) is 4.49. The van der Waals surface area contributed by atoms with Crippen molar-refractivity contribution in [2.75, 3.05) is 6.26 Å². The number of hydrogen-bond donors (Lipinski definition) is 1. The minimum atomic E-state index is -1.48. The Morgan fingerprint density at radius 1 is 1.12 bits per heavy atom. The van der Waals surface area contributed by atoms with Gasteiger partial charge in [0.05, 0.1) is 23.7 Å². The van der Waals surface area contributed by atoms with Gasteiger partial charge in [-0.25, -0.2) is 0 Å². The van der Waals surface area contributed by atoms with Gasteiger partial charge < -0.3 is 24.1 Å². The van der Waals surface area contributed by atoms with E-state index >= 15 is 0 Å². The molecule has 1 N–H and O–H groups in total. The van der Waals surface area contributed by atoms with Crippen LogP contribution in [-0.2, 0) is 33.3 Å². The summed E-state index contributed by atoms with van der Waals surface area (Å²) in [7, 11) is 0. The van der Waals surface area contributed by atoms with Crippen LogP contribution < -0.4 is 0 Å². The predicted molar refractivity (Wildman–Crippen MR) is 162 cm³/mol. The van der Waals surface area contributed by atoms with Crippen molar-refractivity contribution in [2.45, 2.75) is 128 Å². The van der Waals surface area contributed by atoms with Crippen LogP contribution in [0.2, 0.25) is 0 Å². The van der Waals surface area contributed by atoms with E-state index in [1.165, 1.54) is 6.92 Å². The Labute approximate surface area is 259 Å². The van der Waals surface area contributed by atoms with Gasteiger partial charge >= 0.3 is 5.97 Å². The van der Waals surface area contributed by atoms with Gasteiger partial charge in [0, 0.05) is 37.0 Å². The predicted octanol–water partition coefficient (Wildman–Crippen LogP) is 5.51. The number of carbonyl (C=O) groups is 3. The lowest BCUT2D eigenvalue weighted by Crippen LogP contribution is -2.62.